The summed E-state index contributed by atoms with van der Waals surface area (Å²) in [7, 11) is 1.42. The van der Waals surface area contributed by atoms with Crippen LogP contribution in [0.5, 0.6) is 5.75 Å². The van der Waals surface area contributed by atoms with Gasteiger partial charge in [-0.1, -0.05) is 23.7 Å². The zero-order valence-electron chi connectivity index (χ0n) is 19.8. The maximum atomic E-state index is 14.3. The molecule has 0 aliphatic rings. The van der Waals surface area contributed by atoms with Crippen molar-refractivity contribution in [2.24, 2.45) is 7.05 Å². The standard InChI is InChI=1S/C24H22ClFN6O4/c1-11(19(16-7-14(26)5-6-17(16)25)18-9-27-12(2)13(3)29-18)22-31-20(21(33)24(35)32(22)4)23(34)30-15-8-28-36-10-15/h5-11,19,33H,1-4H3,(H,30,34)/t11-,19-/m0/s1. The molecule has 1 amide bonds. The Morgan fingerprint density at radius 1 is 1.22 bits per heavy atom. The summed E-state index contributed by atoms with van der Waals surface area (Å²) in [6.45, 7) is 5.34. The molecule has 0 saturated heterocycles. The Hall–Kier alpha value is -4.12. The van der Waals surface area contributed by atoms with E-state index in [-0.39, 0.29) is 16.5 Å². The second-order valence-corrected chi connectivity index (χ2v) is 8.70. The number of carbonyl (C=O) groups excluding carboxylic acids is 1. The minimum atomic E-state index is -0.840. The van der Waals surface area contributed by atoms with Crippen molar-refractivity contribution in [2.45, 2.75) is 32.6 Å². The second-order valence-electron chi connectivity index (χ2n) is 8.30. The summed E-state index contributed by atoms with van der Waals surface area (Å²) in [5.41, 5.74) is 1.15. The molecule has 2 N–H and O–H groups in total. The Morgan fingerprint density at radius 2 is 1.97 bits per heavy atom. The summed E-state index contributed by atoms with van der Waals surface area (Å²) >= 11 is 6.48. The average Bonchev–Trinajstić information content (AvgIpc) is 3.35. The number of halogens is 2. The molecule has 0 radical (unpaired) electrons. The van der Waals surface area contributed by atoms with Gasteiger partial charge in [-0.15, -0.1) is 0 Å². The van der Waals surface area contributed by atoms with Crippen LogP contribution in [0, 0.1) is 19.7 Å². The molecule has 4 aromatic rings. The highest BCUT2D eigenvalue weighted by molar-refractivity contribution is 6.31. The largest absolute Gasteiger partial charge is 0.501 e. The molecule has 12 heteroatoms. The number of aryl methyl sites for hydroxylation is 2. The van der Waals surface area contributed by atoms with Crippen LogP contribution in [0.25, 0.3) is 0 Å². The normalized spacial score (nSPS) is 12.8. The molecule has 1 aromatic carbocycles. The lowest BCUT2D eigenvalue weighted by Crippen LogP contribution is -2.29. The van der Waals surface area contributed by atoms with Gasteiger partial charge in [-0.2, -0.15) is 0 Å². The fourth-order valence-corrected chi connectivity index (χ4v) is 4.16. The minimum Gasteiger partial charge on any atom is -0.501 e. The highest BCUT2D eigenvalue weighted by atomic mass is 35.5. The summed E-state index contributed by atoms with van der Waals surface area (Å²) in [4.78, 5) is 39.1. The van der Waals surface area contributed by atoms with Crippen molar-refractivity contribution >= 4 is 23.2 Å². The lowest BCUT2D eigenvalue weighted by Gasteiger charge is -2.26. The minimum absolute atomic E-state index is 0.138. The van der Waals surface area contributed by atoms with Gasteiger partial charge in [-0.05, 0) is 37.6 Å². The lowest BCUT2D eigenvalue weighted by molar-refractivity contribution is 0.101. The third-order valence-corrected chi connectivity index (χ3v) is 6.28. The van der Waals surface area contributed by atoms with Crippen LogP contribution in [0.1, 0.15) is 57.7 Å². The van der Waals surface area contributed by atoms with Crippen molar-refractivity contribution in [3.63, 3.8) is 0 Å². The maximum Gasteiger partial charge on any atom is 0.296 e. The molecule has 0 bridgehead atoms. The van der Waals surface area contributed by atoms with E-state index in [9.17, 15) is 19.1 Å². The Balaban J connectivity index is 1.88. The summed E-state index contributed by atoms with van der Waals surface area (Å²) in [5.74, 6) is -3.40. The number of carbonyl (C=O) groups is 1. The number of hydrogen-bond donors (Lipinski definition) is 2. The van der Waals surface area contributed by atoms with E-state index in [0.717, 1.165) is 10.3 Å². The van der Waals surface area contributed by atoms with Crippen LogP contribution < -0.4 is 10.9 Å². The molecule has 0 fully saturated rings. The first-order chi connectivity index (χ1) is 17.1. The number of hydrogen-bond acceptors (Lipinski definition) is 8. The number of amides is 1. The van der Waals surface area contributed by atoms with Gasteiger partial charge in [0, 0.05) is 30.1 Å². The first-order valence-corrected chi connectivity index (χ1v) is 11.2. The molecule has 10 nitrogen and oxygen atoms in total. The number of nitrogens with one attached hydrogen (secondary N) is 1. The molecule has 3 heterocycles. The quantitative estimate of drug-likeness (QED) is 0.397. The van der Waals surface area contributed by atoms with Crippen LogP contribution >= 0.6 is 11.6 Å². The predicted molar refractivity (Wildman–Crippen MR) is 129 cm³/mol. The number of benzene rings is 1. The predicted octanol–water partition coefficient (Wildman–Crippen LogP) is 3.86. The topological polar surface area (TPSA) is 136 Å². The average molecular weight is 513 g/mol. The molecule has 36 heavy (non-hydrogen) atoms. The van der Waals surface area contributed by atoms with Crippen LogP contribution in [-0.2, 0) is 7.05 Å². The molecule has 186 valence electrons. The van der Waals surface area contributed by atoms with Gasteiger partial charge >= 0.3 is 0 Å². The molecule has 0 aliphatic heterocycles. The molecular weight excluding hydrogens is 491 g/mol. The molecular formula is C24H22ClFN6O4. The molecule has 0 saturated carbocycles. The van der Waals surface area contributed by atoms with Crippen LogP contribution in [0.15, 0.2) is 46.2 Å². The van der Waals surface area contributed by atoms with E-state index in [1.54, 1.807) is 20.0 Å². The third kappa shape index (κ3) is 4.69. The summed E-state index contributed by atoms with van der Waals surface area (Å²) in [6.07, 6.45) is 3.99. The van der Waals surface area contributed by atoms with Crippen molar-refractivity contribution in [1.29, 1.82) is 0 Å². The van der Waals surface area contributed by atoms with Gasteiger partial charge in [0.1, 0.15) is 23.6 Å². The van der Waals surface area contributed by atoms with E-state index in [1.807, 2.05) is 6.92 Å². The van der Waals surface area contributed by atoms with Crippen LogP contribution in [0.2, 0.25) is 5.02 Å². The zero-order valence-corrected chi connectivity index (χ0v) is 20.5. The van der Waals surface area contributed by atoms with Crippen molar-refractivity contribution in [2.75, 3.05) is 5.32 Å². The smallest absolute Gasteiger partial charge is 0.296 e. The van der Waals surface area contributed by atoms with E-state index >= 15 is 0 Å². The third-order valence-electron chi connectivity index (χ3n) is 5.94. The molecule has 0 spiro atoms. The zero-order chi connectivity index (χ0) is 26.1. The van der Waals surface area contributed by atoms with Gasteiger partial charge in [0.25, 0.3) is 11.5 Å². The summed E-state index contributed by atoms with van der Waals surface area (Å²) in [5, 5.41) is 16.6. The van der Waals surface area contributed by atoms with E-state index in [2.05, 4.69) is 29.9 Å². The SMILES string of the molecule is Cc1ncc([C@H](c2cc(F)ccc2Cl)[C@H](C)c2nc(C(=O)Nc3cnoc3)c(O)c(=O)n2C)nc1C. The second kappa shape index (κ2) is 9.86. The molecule has 0 unspecified atom stereocenters. The van der Waals surface area contributed by atoms with E-state index in [1.165, 1.54) is 37.7 Å². The van der Waals surface area contributed by atoms with Crippen molar-refractivity contribution in [1.82, 2.24) is 24.7 Å². The lowest BCUT2D eigenvalue weighted by atomic mass is 9.83. The van der Waals surface area contributed by atoms with Crippen molar-refractivity contribution in [3.8, 4) is 5.75 Å². The van der Waals surface area contributed by atoms with E-state index in [4.69, 9.17) is 11.6 Å². The number of anilines is 1. The van der Waals surface area contributed by atoms with Crippen molar-refractivity contribution in [3.05, 3.63) is 92.2 Å². The monoisotopic (exact) mass is 512 g/mol. The number of rotatable bonds is 6. The number of aromatic nitrogens is 5. The van der Waals surface area contributed by atoms with Gasteiger partial charge in [0.05, 0.1) is 23.3 Å². The Morgan fingerprint density at radius 3 is 2.64 bits per heavy atom. The molecule has 2 atom stereocenters. The Labute approximate surface area is 209 Å². The highest BCUT2D eigenvalue weighted by Crippen LogP contribution is 2.40. The van der Waals surface area contributed by atoms with Crippen LogP contribution in [-0.4, -0.2) is 35.7 Å². The van der Waals surface area contributed by atoms with Gasteiger partial charge in [-0.25, -0.2) is 9.37 Å². The van der Waals surface area contributed by atoms with Gasteiger partial charge in [0.15, 0.2) is 5.69 Å². The van der Waals surface area contributed by atoms with Crippen molar-refractivity contribution < 1.29 is 18.8 Å². The van der Waals surface area contributed by atoms with E-state index < -0.39 is 40.6 Å². The van der Waals surface area contributed by atoms with E-state index in [0.29, 0.717) is 17.0 Å². The fourth-order valence-electron chi connectivity index (χ4n) is 3.93. The number of aromatic hydroxyl groups is 1. The van der Waals surface area contributed by atoms with Gasteiger partial charge in [0.2, 0.25) is 5.75 Å². The molecule has 4 rings (SSSR count). The highest BCUT2D eigenvalue weighted by Gasteiger charge is 2.32. The first kappa shape index (κ1) is 25.0. The van der Waals surface area contributed by atoms with Crippen LogP contribution in [0.4, 0.5) is 10.1 Å². The van der Waals surface area contributed by atoms with Gasteiger partial charge in [-0.3, -0.25) is 24.1 Å². The Bertz CT molecular complexity index is 1510. The van der Waals surface area contributed by atoms with Crippen LogP contribution in [0.3, 0.4) is 0 Å². The fraction of sp³-hybridized carbons (Fsp3) is 0.250. The Kier molecular flexibility index (Phi) is 6.84. The summed E-state index contributed by atoms with van der Waals surface area (Å²) < 4.78 is 20.1. The number of nitrogens with zero attached hydrogens (tertiary/aromatic N) is 5. The maximum absolute atomic E-state index is 14.3. The first-order valence-electron chi connectivity index (χ1n) is 10.8. The van der Waals surface area contributed by atoms with Gasteiger partial charge < -0.3 is 14.9 Å². The molecule has 0 aliphatic carbocycles. The summed E-state index contributed by atoms with van der Waals surface area (Å²) in [6, 6.07) is 3.96. The molecule has 3 aromatic heterocycles.